The van der Waals surface area contributed by atoms with Crippen LogP contribution >= 0.6 is 0 Å². The first kappa shape index (κ1) is 20.7. The Morgan fingerprint density at radius 2 is 1.80 bits per heavy atom. The molecular formula is C24H31N3O3. The van der Waals surface area contributed by atoms with Crippen LogP contribution < -0.4 is 10.6 Å². The fourth-order valence-corrected chi connectivity index (χ4v) is 4.57. The summed E-state index contributed by atoms with van der Waals surface area (Å²) in [4.78, 5) is 27.0. The first-order chi connectivity index (χ1) is 14.6. The van der Waals surface area contributed by atoms with E-state index in [1.165, 1.54) is 12.0 Å². The lowest BCUT2D eigenvalue weighted by molar-refractivity contribution is -0.127. The normalized spacial score (nSPS) is 19.1. The Labute approximate surface area is 178 Å². The summed E-state index contributed by atoms with van der Waals surface area (Å²) in [6.07, 6.45) is 6.67. The Kier molecular flexibility index (Phi) is 6.53. The van der Waals surface area contributed by atoms with Crippen LogP contribution in [0.25, 0.3) is 0 Å². The summed E-state index contributed by atoms with van der Waals surface area (Å²) in [6, 6.07) is 14.2. The lowest BCUT2D eigenvalue weighted by Crippen LogP contribution is -2.49. The fourth-order valence-electron chi connectivity index (χ4n) is 4.57. The molecule has 1 aromatic carbocycles. The number of likely N-dealkylation sites (tertiary alicyclic amines) is 1. The van der Waals surface area contributed by atoms with Crippen molar-refractivity contribution in [3.63, 3.8) is 0 Å². The maximum absolute atomic E-state index is 12.5. The van der Waals surface area contributed by atoms with Crippen LogP contribution in [0.2, 0.25) is 0 Å². The molecule has 4 rings (SSSR count). The van der Waals surface area contributed by atoms with E-state index in [2.05, 4.69) is 39.8 Å². The zero-order valence-corrected chi connectivity index (χ0v) is 17.4. The summed E-state index contributed by atoms with van der Waals surface area (Å²) in [6.45, 7) is 3.09. The molecule has 6 nitrogen and oxygen atoms in total. The molecule has 0 radical (unpaired) electrons. The molecule has 0 spiro atoms. The van der Waals surface area contributed by atoms with Crippen molar-refractivity contribution in [3.05, 3.63) is 60.1 Å². The molecule has 0 atom stereocenters. The summed E-state index contributed by atoms with van der Waals surface area (Å²) < 4.78 is 5.25. The number of carbonyl (C=O) groups excluding carboxylic acids is 2. The Hall–Kier alpha value is -2.60. The lowest BCUT2D eigenvalue weighted by Gasteiger charge is -2.42. The van der Waals surface area contributed by atoms with Gasteiger partial charge in [0.05, 0.1) is 19.4 Å². The number of rotatable bonds is 8. The minimum Gasteiger partial charge on any atom is -0.467 e. The van der Waals surface area contributed by atoms with Crippen molar-refractivity contribution in [2.24, 2.45) is 5.92 Å². The highest BCUT2D eigenvalue weighted by atomic mass is 16.3. The van der Waals surface area contributed by atoms with E-state index in [9.17, 15) is 9.59 Å². The second-order valence-corrected chi connectivity index (χ2v) is 8.62. The molecule has 2 fully saturated rings. The largest absolute Gasteiger partial charge is 0.467 e. The first-order valence-electron chi connectivity index (χ1n) is 11.0. The van der Waals surface area contributed by atoms with E-state index in [1.54, 1.807) is 6.26 Å². The van der Waals surface area contributed by atoms with Crippen LogP contribution in [0.4, 0.5) is 0 Å². The van der Waals surface area contributed by atoms with Gasteiger partial charge in [0.15, 0.2) is 0 Å². The minimum atomic E-state index is 0.00981. The van der Waals surface area contributed by atoms with Gasteiger partial charge in [0.1, 0.15) is 5.76 Å². The maximum Gasteiger partial charge on any atom is 0.234 e. The van der Waals surface area contributed by atoms with E-state index >= 15 is 0 Å². The van der Waals surface area contributed by atoms with Gasteiger partial charge in [-0.05, 0) is 56.5 Å². The highest BCUT2D eigenvalue weighted by Crippen LogP contribution is 2.43. The third kappa shape index (κ3) is 4.93. The van der Waals surface area contributed by atoms with Crippen molar-refractivity contribution in [2.45, 2.75) is 44.1 Å². The molecule has 2 N–H and O–H groups in total. The number of nitrogens with one attached hydrogen (secondary N) is 2. The van der Waals surface area contributed by atoms with Gasteiger partial charge in [-0.2, -0.15) is 0 Å². The molecule has 30 heavy (non-hydrogen) atoms. The molecule has 6 heteroatoms. The maximum atomic E-state index is 12.5. The van der Waals surface area contributed by atoms with E-state index in [0.29, 0.717) is 19.6 Å². The topological polar surface area (TPSA) is 74.6 Å². The number of benzene rings is 1. The third-order valence-electron chi connectivity index (χ3n) is 6.66. The van der Waals surface area contributed by atoms with Gasteiger partial charge in [0.2, 0.25) is 11.8 Å². The Morgan fingerprint density at radius 3 is 2.43 bits per heavy atom. The van der Waals surface area contributed by atoms with Crippen LogP contribution in [0.1, 0.15) is 43.4 Å². The van der Waals surface area contributed by atoms with E-state index in [4.69, 9.17) is 4.42 Å². The zero-order valence-electron chi connectivity index (χ0n) is 17.4. The van der Waals surface area contributed by atoms with Crippen LogP contribution in [0.5, 0.6) is 0 Å². The van der Waals surface area contributed by atoms with Gasteiger partial charge in [0, 0.05) is 17.9 Å². The van der Waals surface area contributed by atoms with Crippen molar-refractivity contribution < 1.29 is 14.0 Å². The highest BCUT2D eigenvalue weighted by molar-refractivity contribution is 5.79. The molecule has 1 saturated carbocycles. The Balaban J connectivity index is 1.18. The summed E-state index contributed by atoms with van der Waals surface area (Å²) >= 11 is 0. The fraction of sp³-hybridized carbons (Fsp3) is 0.500. The molecule has 160 valence electrons. The van der Waals surface area contributed by atoms with Crippen LogP contribution in [-0.4, -0.2) is 42.9 Å². The van der Waals surface area contributed by atoms with E-state index in [-0.39, 0.29) is 23.1 Å². The van der Waals surface area contributed by atoms with Crippen molar-refractivity contribution in [1.82, 2.24) is 15.5 Å². The van der Waals surface area contributed by atoms with Gasteiger partial charge in [-0.25, -0.2) is 0 Å². The Bertz CT molecular complexity index is 823. The van der Waals surface area contributed by atoms with Gasteiger partial charge in [-0.1, -0.05) is 36.8 Å². The molecular weight excluding hydrogens is 378 g/mol. The smallest absolute Gasteiger partial charge is 0.234 e. The van der Waals surface area contributed by atoms with Gasteiger partial charge >= 0.3 is 0 Å². The molecule has 1 saturated heterocycles. The van der Waals surface area contributed by atoms with Crippen LogP contribution in [0.15, 0.2) is 53.1 Å². The molecule has 2 aromatic rings. The predicted molar refractivity (Wildman–Crippen MR) is 115 cm³/mol. The van der Waals surface area contributed by atoms with Gasteiger partial charge in [-0.15, -0.1) is 0 Å². The quantitative estimate of drug-likeness (QED) is 0.703. The number of nitrogens with zero attached hydrogens (tertiary/aromatic N) is 1. The van der Waals surface area contributed by atoms with Crippen molar-refractivity contribution >= 4 is 11.8 Å². The second-order valence-electron chi connectivity index (χ2n) is 8.62. The molecule has 2 amide bonds. The number of carbonyl (C=O) groups is 2. The third-order valence-corrected chi connectivity index (χ3v) is 6.66. The number of furan rings is 1. The van der Waals surface area contributed by atoms with Crippen LogP contribution in [0, 0.1) is 5.92 Å². The first-order valence-corrected chi connectivity index (χ1v) is 11.0. The van der Waals surface area contributed by atoms with E-state index in [0.717, 1.165) is 44.5 Å². The molecule has 2 aliphatic rings. The summed E-state index contributed by atoms with van der Waals surface area (Å²) in [5.74, 6) is 0.927. The average molecular weight is 410 g/mol. The molecule has 2 heterocycles. The van der Waals surface area contributed by atoms with E-state index in [1.807, 2.05) is 18.2 Å². The van der Waals surface area contributed by atoms with Crippen molar-refractivity contribution in [1.29, 1.82) is 0 Å². The van der Waals surface area contributed by atoms with Gasteiger partial charge in [0.25, 0.3) is 0 Å². The van der Waals surface area contributed by atoms with Gasteiger partial charge < -0.3 is 15.1 Å². The second kappa shape index (κ2) is 9.47. The zero-order chi connectivity index (χ0) is 20.8. The average Bonchev–Trinajstić information content (AvgIpc) is 3.26. The monoisotopic (exact) mass is 409 g/mol. The van der Waals surface area contributed by atoms with Crippen LogP contribution in [0.3, 0.4) is 0 Å². The summed E-state index contributed by atoms with van der Waals surface area (Å²) in [7, 11) is 0. The molecule has 0 unspecified atom stereocenters. The van der Waals surface area contributed by atoms with Crippen molar-refractivity contribution in [2.75, 3.05) is 26.2 Å². The molecule has 0 bridgehead atoms. The number of amides is 2. The lowest BCUT2D eigenvalue weighted by atomic mass is 9.64. The molecule has 1 aliphatic carbocycles. The van der Waals surface area contributed by atoms with Crippen LogP contribution in [-0.2, 0) is 21.5 Å². The summed E-state index contributed by atoms with van der Waals surface area (Å²) in [5, 5.41) is 6.12. The number of hydrogen-bond acceptors (Lipinski definition) is 4. The molecule has 1 aliphatic heterocycles. The Morgan fingerprint density at radius 1 is 1.03 bits per heavy atom. The minimum absolute atomic E-state index is 0.00981. The number of piperidine rings is 1. The summed E-state index contributed by atoms with van der Waals surface area (Å²) in [5.41, 5.74) is 1.44. The van der Waals surface area contributed by atoms with E-state index < -0.39 is 0 Å². The SMILES string of the molecule is O=C(CN1CCC(C(=O)NCc2ccco2)CC1)NCC1(c2ccccc2)CCC1. The van der Waals surface area contributed by atoms with Crippen molar-refractivity contribution in [3.8, 4) is 0 Å². The standard InChI is InChI=1S/C24H31N3O3/c28-22(26-18-24(11-5-12-24)20-6-2-1-3-7-20)17-27-13-9-19(10-14-27)23(29)25-16-21-8-4-15-30-21/h1-4,6-8,15,19H,5,9-14,16-18H2,(H,25,29)(H,26,28). The highest BCUT2D eigenvalue weighted by Gasteiger charge is 2.38. The number of hydrogen-bond donors (Lipinski definition) is 2. The van der Waals surface area contributed by atoms with Gasteiger partial charge in [-0.3, -0.25) is 14.5 Å². The molecule has 1 aromatic heterocycles. The predicted octanol–water partition coefficient (Wildman–Crippen LogP) is 2.85.